The van der Waals surface area contributed by atoms with Gasteiger partial charge in [0.1, 0.15) is 0 Å². The van der Waals surface area contributed by atoms with Crippen LogP contribution in [0.4, 0.5) is 5.69 Å². The normalized spacial score (nSPS) is 19.7. The topological polar surface area (TPSA) is 63.4 Å². The van der Waals surface area contributed by atoms with E-state index in [-0.39, 0.29) is 17.2 Å². The molecule has 1 aliphatic heterocycles. The molecule has 0 radical (unpaired) electrons. The maximum Gasteiger partial charge on any atom is 0.263 e. The highest BCUT2D eigenvalue weighted by molar-refractivity contribution is 6.23. The third kappa shape index (κ3) is 1.82. The Hall–Kier alpha value is -1.84. The van der Waals surface area contributed by atoms with Crippen molar-refractivity contribution in [1.29, 1.82) is 0 Å². The zero-order valence-corrected chi connectivity index (χ0v) is 11.1. The molecule has 2 N–H and O–H groups in total. The number of amides is 2. The number of rotatable bonds is 4. The molecule has 3 rings (SSSR count). The minimum Gasteiger partial charge on any atom is -0.398 e. The molecule has 1 saturated carbocycles. The van der Waals surface area contributed by atoms with E-state index in [4.69, 9.17) is 5.73 Å². The van der Waals surface area contributed by atoms with Crippen molar-refractivity contribution in [2.24, 2.45) is 5.41 Å². The highest BCUT2D eigenvalue weighted by Crippen LogP contribution is 2.51. The molecule has 1 aliphatic carbocycles. The summed E-state index contributed by atoms with van der Waals surface area (Å²) in [5.41, 5.74) is 7.25. The van der Waals surface area contributed by atoms with Crippen molar-refractivity contribution in [2.75, 3.05) is 12.3 Å². The van der Waals surface area contributed by atoms with Gasteiger partial charge < -0.3 is 5.73 Å². The molecule has 0 spiro atoms. The lowest BCUT2D eigenvalue weighted by molar-refractivity contribution is 0.0616. The van der Waals surface area contributed by atoms with Crippen LogP contribution in [-0.2, 0) is 0 Å². The van der Waals surface area contributed by atoms with Gasteiger partial charge in [-0.1, -0.05) is 19.4 Å². The minimum atomic E-state index is -0.222. The fourth-order valence-corrected chi connectivity index (χ4v) is 3.03. The third-order valence-corrected chi connectivity index (χ3v) is 4.26. The van der Waals surface area contributed by atoms with Gasteiger partial charge in [-0.15, -0.1) is 0 Å². The standard InChI is InChI=1S/C15H18N2O2/c1-2-6-15(7-8-15)9-17-13(18)10-4-3-5-11(16)12(10)14(17)19/h3-5H,2,6-9,16H2,1H3. The molecule has 4 nitrogen and oxygen atoms in total. The van der Waals surface area contributed by atoms with E-state index in [0.29, 0.717) is 23.4 Å². The lowest BCUT2D eigenvalue weighted by atomic mass is 10.00. The van der Waals surface area contributed by atoms with E-state index in [1.807, 2.05) is 0 Å². The maximum atomic E-state index is 12.4. The van der Waals surface area contributed by atoms with E-state index in [9.17, 15) is 9.59 Å². The average Bonchev–Trinajstić information content (AvgIpc) is 3.09. The van der Waals surface area contributed by atoms with Gasteiger partial charge in [0, 0.05) is 12.2 Å². The summed E-state index contributed by atoms with van der Waals surface area (Å²) in [5, 5.41) is 0. The largest absolute Gasteiger partial charge is 0.398 e. The van der Waals surface area contributed by atoms with E-state index in [0.717, 1.165) is 25.7 Å². The SMILES string of the molecule is CCCC1(CN2C(=O)c3cccc(N)c3C2=O)CC1. The van der Waals surface area contributed by atoms with Crippen LogP contribution in [-0.4, -0.2) is 23.3 Å². The third-order valence-electron chi connectivity index (χ3n) is 4.26. The molecule has 1 heterocycles. The van der Waals surface area contributed by atoms with E-state index in [1.54, 1.807) is 18.2 Å². The molecule has 0 aromatic heterocycles. The number of carbonyl (C=O) groups is 2. The van der Waals surface area contributed by atoms with Gasteiger partial charge >= 0.3 is 0 Å². The number of imide groups is 1. The number of carbonyl (C=O) groups excluding carboxylic acids is 2. The van der Waals surface area contributed by atoms with Gasteiger partial charge in [-0.05, 0) is 36.8 Å². The van der Waals surface area contributed by atoms with Crippen LogP contribution in [0.15, 0.2) is 18.2 Å². The Kier molecular flexibility index (Phi) is 2.62. The van der Waals surface area contributed by atoms with Crippen molar-refractivity contribution in [2.45, 2.75) is 32.6 Å². The summed E-state index contributed by atoms with van der Waals surface area (Å²) in [4.78, 5) is 26.1. The number of hydrogen-bond acceptors (Lipinski definition) is 3. The number of hydrogen-bond donors (Lipinski definition) is 1. The second kappa shape index (κ2) is 4.08. The average molecular weight is 258 g/mol. The molecular formula is C15H18N2O2. The number of nitrogens with two attached hydrogens (primary N) is 1. The van der Waals surface area contributed by atoms with Gasteiger partial charge in [0.15, 0.2) is 0 Å². The molecule has 100 valence electrons. The molecule has 0 saturated heterocycles. The fourth-order valence-electron chi connectivity index (χ4n) is 3.03. The van der Waals surface area contributed by atoms with E-state index < -0.39 is 0 Å². The van der Waals surface area contributed by atoms with Crippen LogP contribution in [0.3, 0.4) is 0 Å². The fraction of sp³-hybridized carbons (Fsp3) is 0.467. The first-order valence-electron chi connectivity index (χ1n) is 6.83. The van der Waals surface area contributed by atoms with Crippen LogP contribution in [0.5, 0.6) is 0 Å². The quantitative estimate of drug-likeness (QED) is 0.666. The van der Waals surface area contributed by atoms with Crippen molar-refractivity contribution in [3.63, 3.8) is 0 Å². The van der Waals surface area contributed by atoms with Crippen LogP contribution in [0, 0.1) is 5.41 Å². The molecule has 2 aliphatic rings. The molecule has 2 amide bonds. The van der Waals surface area contributed by atoms with Gasteiger partial charge in [-0.3, -0.25) is 14.5 Å². The summed E-state index contributed by atoms with van der Waals surface area (Å²) in [6.07, 6.45) is 4.40. The van der Waals surface area contributed by atoms with Crippen molar-refractivity contribution in [3.05, 3.63) is 29.3 Å². The summed E-state index contributed by atoms with van der Waals surface area (Å²) in [6.45, 7) is 2.69. The monoisotopic (exact) mass is 258 g/mol. The first kappa shape index (κ1) is 12.2. The molecule has 19 heavy (non-hydrogen) atoms. The van der Waals surface area contributed by atoms with Crippen molar-refractivity contribution < 1.29 is 9.59 Å². The Labute approximate surface area is 112 Å². The second-order valence-corrected chi connectivity index (χ2v) is 5.72. The summed E-state index contributed by atoms with van der Waals surface area (Å²) in [7, 11) is 0. The zero-order valence-electron chi connectivity index (χ0n) is 11.1. The lowest BCUT2D eigenvalue weighted by Crippen LogP contribution is -2.35. The van der Waals surface area contributed by atoms with Crippen LogP contribution in [0.2, 0.25) is 0 Å². The summed E-state index contributed by atoms with van der Waals surface area (Å²) in [5.74, 6) is -0.407. The zero-order chi connectivity index (χ0) is 13.6. The molecule has 1 fully saturated rings. The van der Waals surface area contributed by atoms with Gasteiger partial charge in [0.05, 0.1) is 11.1 Å². The summed E-state index contributed by atoms with van der Waals surface area (Å²) < 4.78 is 0. The second-order valence-electron chi connectivity index (χ2n) is 5.72. The van der Waals surface area contributed by atoms with Crippen LogP contribution in [0.1, 0.15) is 53.3 Å². The Morgan fingerprint density at radius 1 is 1.26 bits per heavy atom. The van der Waals surface area contributed by atoms with E-state index >= 15 is 0 Å². The smallest absolute Gasteiger partial charge is 0.263 e. The molecular weight excluding hydrogens is 240 g/mol. The summed E-state index contributed by atoms with van der Waals surface area (Å²) >= 11 is 0. The molecule has 1 aromatic rings. The predicted octanol–water partition coefficient (Wildman–Crippen LogP) is 2.45. The van der Waals surface area contributed by atoms with Gasteiger partial charge in [0.25, 0.3) is 11.8 Å². The molecule has 0 unspecified atom stereocenters. The maximum absolute atomic E-state index is 12.4. The number of nitrogens with zero attached hydrogens (tertiary/aromatic N) is 1. The highest BCUT2D eigenvalue weighted by Gasteiger charge is 2.48. The van der Waals surface area contributed by atoms with Gasteiger partial charge in [0.2, 0.25) is 0 Å². The molecule has 0 atom stereocenters. The van der Waals surface area contributed by atoms with Crippen molar-refractivity contribution in [3.8, 4) is 0 Å². The minimum absolute atomic E-state index is 0.177. The Morgan fingerprint density at radius 3 is 2.58 bits per heavy atom. The van der Waals surface area contributed by atoms with Crippen LogP contribution >= 0.6 is 0 Å². The van der Waals surface area contributed by atoms with E-state index in [1.165, 1.54) is 4.90 Å². The predicted molar refractivity (Wildman–Crippen MR) is 72.8 cm³/mol. The summed E-state index contributed by atoms with van der Waals surface area (Å²) in [6, 6.07) is 5.08. The molecule has 0 bridgehead atoms. The van der Waals surface area contributed by atoms with Gasteiger partial charge in [-0.25, -0.2) is 0 Å². The first-order chi connectivity index (χ1) is 9.08. The number of nitrogen functional groups attached to an aromatic ring is 1. The Morgan fingerprint density at radius 2 is 2.00 bits per heavy atom. The Balaban J connectivity index is 1.89. The lowest BCUT2D eigenvalue weighted by Gasteiger charge is -2.21. The van der Waals surface area contributed by atoms with E-state index in [2.05, 4.69) is 6.92 Å². The molecule has 4 heteroatoms. The van der Waals surface area contributed by atoms with Crippen molar-refractivity contribution in [1.82, 2.24) is 4.90 Å². The Bertz CT molecular complexity index is 561. The number of anilines is 1. The highest BCUT2D eigenvalue weighted by atomic mass is 16.2. The number of benzene rings is 1. The molecule has 1 aromatic carbocycles. The first-order valence-corrected chi connectivity index (χ1v) is 6.83. The van der Waals surface area contributed by atoms with Gasteiger partial charge in [-0.2, -0.15) is 0 Å². The van der Waals surface area contributed by atoms with Crippen molar-refractivity contribution >= 4 is 17.5 Å². The van der Waals surface area contributed by atoms with Crippen LogP contribution in [0.25, 0.3) is 0 Å². The number of fused-ring (bicyclic) bond motifs is 1. The van der Waals surface area contributed by atoms with Crippen LogP contribution < -0.4 is 5.73 Å².